The van der Waals surface area contributed by atoms with Gasteiger partial charge in [-0.25, -0.2) is 8.42 Å². The molecule has 0 aromatic heterocycles. The average molecular weight is 297 g/mol. The second-order valence-corrected chi connectivity index (χ2v) is 7.45. The lowest BCUT2D eigenvalue weighted by molar-refractivity contribution is -0.143. The minimum Gasteiger partial charge on any atom is -0.481 e. The molecule has 1 heterocycles. The minimum atomic E-state index is -3.61. The first-order valence-electron chi connectivity index (χ1n) is 6.60. The van der Waals surface area contributed by atoms with Crippen LogP contribution >= 0.6 is 0 Å². The summed E-state index contributed by atoms with van der Waals surface area (Å²) >= 11 is 0. The first kappa shape index (κ1) is 15.0. The zero-order valence-electron chi connectivity index (χ0n) is 11.6. The van der Waals surface area contributed by atoms with Gasteiger partial charge in [0.1, 0.15) is 0 Å². The van der Waals surface area contributed by atoms with E-state index >= 15 is 0 Å². The molecule has 0 amide bonds. The first-order chi connectivity index (χ1) is 9.30. The molecule has 2 unspecified atom stereocenters. The summed E-state index contributed by atoms with van der Waals surface area (Å²) in [4.78, 5) is 11.4. The predicted molar refractivity (Wildman–Crippen MR) is 74.8 cm³/mol. The van der Waals surface area contributed by atoms with E-state index in [1.54, 1.807) is 18.2 Å². The fourth-order valence-corrected chi connectivity index (χ4v) is 4.31. The number of hydrogen-bond acceptors (Lipinski definition) is 3. The Hall–Kier alpha value is -1.40. The molecule has 1 aromatic carbocycles. The van der Waals surface area contributed by atoms with Crippen molar-refractivity contribution in [1.29, 1.82) is 0 Å². The second-order valence-electron chi connectivity index (χ2n) is 5.51. The van der Waals surface area contributed by atoms with Crippen molar-refractivity contribution in [2.45, 2.75) is 25.2 Å². The van der Waals surface area contributed by atoms with E-state index in [1.165, 1.54) is 4.31 Å². The summed E-state index contributed by atoms with van der Waals surface area (Å²) in [7, 11) is -3.61. The van der Waals surface area contributed by atoms with Crippen LogP contribution < -0.4 is 0 Å². The zero-order valence-corrected chi connectivity index (χ0v) is 12.4. The van der Waals surface area contributed by atoms with Gasteiger partial charge in [-0.15, -0.1) is 0 Å². The molecule has 2 atom stereocenters. The molecule has 1 aliphatic rings. The Morgan fingerprint density at radius 1 is 1.35 bits per heavy atom. The van der Waals surface area contributed by atoms with Gasteiger partial charge in [-0.2, -0.15) is 4.31 Å². The van der Waals surface area contributed by atoms with Gasteiger partial charge in [-0.3, -0.25) is 4.79 Å². The number of benzene rings is 1. The molecule has 1 fully saturated rings. The van der Waals surface area contributed by atoms with Gasteiger partial charge in [0.15, 0.2) is 0 Å². The highest BCUT2D eigenvalue weighted by Gasteiger charge is 2.36. The Morgan fingerprint density at radius 3 is 2.65 bits per heavy atom. The molecular formula is C14H19NO4S. The maximum Gasteiger partial charge on any atom is 0.307 e. The topological polar surface area (TPSA) is 74.7 Å². The maximum absolute atomic E-state index is 12.6. The van der Waals surface area contributed by atoms with Crippen LogP contribution in [0.2, 0.25) is 0 Å². The summed E-state index contributed by atoms with van der Waals surface area (Å²) in [5.41, 5.74) is 0.867. The van der Waals surface area contributed by atoms with Crippen LogP contribution in [-0.4, -0.2) is 36.9 Å². The maximum atomic E-state index is 12.6. The Labute approximate surface area is 119 Å². The largest absolute Gasteiger partial charge is 0.481 e. The number of carboxylic acids is 1. The summed E-state index contributed by atoms with van der Waals surface area (Å²) in [6.07, 6.45) is 0.523. The number of hydrogen-bond donors (Lipinski definition) is 1. The van der Waals surface area contributed by atoms with Gasteiger partial charge in [0.25, 0.3) is 0 Å². The molecule has 0 saturated carbocycles. The number of sulfonamides is 1. The fourth-order valence-electron chi connectivity index (χ4n) is 2.60. The van der Waals surface area contributed by atoms with Crippen LogP contribution in [0.25, 0.3) is 0 Å². The molecular weight excluding hydrogens is 278 g/mol. The monoisotopic (exact) mass is 297 g/mol. The smallest absolute Gasteiger partial charge is 0.307 e. The summed E-state index contributed by atoms with van der Waals surface area (Å²) < 4.78 is 26.5. The number of aryl methyl sites for hydroxylation is 1. The summed E-state index contributed by atoms with van der Waals surface area (Å²) in [6.45, 7) is 4.14. The second kappa shape index (κ2) is 5.54. The lowest BCUT2D eigenvalue weighted by atomic mass is 9.92. The van der Waals surface area contributed by atoms with Crippen molar-refractivity contribution < 1.29 is 18.3 Å². The molecule has 0 spiro atoms. The van der Waals surface area contributed by atoms with Crippen LogP contribution in [0.4, 0.5) is 0 Å². The van der Waals surface area contributed by atoms with Crippen LogP contribution in [0.5, 0.6) is 0 Å². The molecule has 5 nitrogen and oxygen atoms in total. The third-order valence-corrected chi connectivity index (χ3v) is 5.43. The van der Waals surface area contributed by atoms with Gasteiger partial charge in [0, 0.05) is 13.1 Å². The predicted octanol–water partition coefficient (Wildman–Crippen LogP) is 1.73. The van der Waals surface area contributed by atoms with Crippen LogP contribution in [0.1, 0.15) is 18.9 Å². The molecule has 0 aliphatic carbocycles. The van der Waals surface area contributed by atoms with E-state index < -0.39 is 21.9 Å². The van der Waals surface area contributed by atoms with Crippen molar-refractivity contribution >= 4 is 16.0 Å². The van der Waals surface area contributed by atoms with E-state index in [1.807, 2.05) is 19.9 Å². The van der Waals surface area contributed by atoms with Crippen molar-refractivity contribution in [1.82, 2.24) is 4.31 Å². The third-order valence-electron chi connectivity index (χ3n) is 3.60. The zero-order chi connectivity index (χ0) is 14.9. The van der Waals surface area contributed by atoms with Gasteiger partial charge in [-0.05, 0) is 37.0 Å². The van der Waals surface area contributed by atoms with Gasteiger partial charge in [-0.1, -0.05) is 19.1 Å². The lowest BCUT2D eigenvalue weighted by Gasteiger charge is -2.33. The molecule has 110 valence electrons. The molecule has 0 bridgehead atoms. The quantitative estimate of drug-likeness (QED) is 0.922. The van der Waals surface area contributed by atoms with Gasteiger partial charge in [0.05, 0.1) is 10.8 Å². The molecule has 1 aliphatic heterocycles. The van der Waals surface area contributed by atoms with E-state index in [0.29, 0.717) is 13.0 Å². The van der Waals surface area contributed by atoms with Gasteiger partial charge in [0.2, 0.25) is 10.0 Å². The Kier molecular flexibility index (Phi) is 4.15. The van der Waals surface area contributed by atoms with Crippen molar-refractivity contribution in [2.75, 3.05) is 13.1 Å². The highest BCUT2D eigenvalue weighted by Crippen LogP contribution is 2.27. The SMILES string of the molecule is Cc1cccc(S(=O)(=O)N2CC(C)CC(C(=O)O)C2)c1. The normalized spacial score (nSPS) is 24.5. The molecule has 1 aromatic rings. The molecule has 2 rings (SSSR count). The van der Waals surface area contributed by atoms with Crippen LogP contribution in [0, 0.1) is 18.8 Å². The third kappa shape index (κ3) is 3.02. The number of rotatable bonds is 3. The number of nitrogens with zero attached hydrogens (tertiary/aromatic N) is 1. The van der Waals surface area contributed by atoms with E-state index in [4.69, 9.17) is 5.11 Å². The highest BCUT2D eigenvalue weighted by molar-refractivity contribution is 7.89. The lowest BCUT2D eigenvalue weighted by Crippen LogP contribution is -2.45. The molecule has 6 heteroatoms. The number of carbonyl (C=O) groups is 1. The number of aliphatic carboxylic acids is 1. The van der Waals surface area contributed by atoms with E-state index in [9.17, 15) is 13.2 Å². The van der Waals surface area contributed by atoms with Crippen LogP contribution in [0.3, 0.4) is 0 Å². The Morgan fingerprint density at radius 2 is 2.05 bits per heavy atom. The average Bonchev–Trinajstić information content (AvgIpc) is 2.38. The summed E-state index contributed by atoms with van der Waals surface area (Å²) in [6, 6.07) is 6.70. The van der Waals surface area contributed by atoms with Crippen molar-refractivity contribution in [3.63, 3.8) is 0 Å². The van der Waals surface area contributed by atoms with Crippen molar-refractivity contribution in [3.05, 3.63) is 29.8 Å². The standard InChI is InChI=1S/C14H19NO4S/c1-10-4-3-5-13(7-10)20(18,19)15-8-11(2)6-12(9-15)14(16)17/h3-5,7,11-12H,6,8-9H2,1-2H3,(H,16,17). The minimum absolute atomic E-state index is 0.0458. The number of carboxylic acid groups (broad SMARTS) is 1. The van der Waals surface area contributed by atoms with Gasteiger partial charge < -0.3 is 5.11 Å². The van der Waals surface area contributed by atoms with Crippen molar-refractivity contribution in [2.24, 2.45) is 11.8 Å². The number of piperidine rings is 1. The fraction of sp³-hybridized carbons (Fsp3) is 0.500. The summed E-state index contributed by atoms with van der Waals surface area (Å²) in [5.74, 6) is -1.51. The van der Waals surface area contributed by atoms with E-state index in [-0.39, 0.29) is 17.4 Å². The molecule has 0 radical (unpaired) electrons. The highest BCUT2D eigenvalue weighted by atomic mass is 32.2. The first-order valence-corrected chi connectivity index (χ1v) is 8.04. The Balaban J connectivity index is 2.31. The summed E-state index contributed by atoms with van der Waals surface area (Å²) in [5, 5.41) is 9.13. The van der Waals surface area contributed by atoms with E-state index in [2.05, 4.69) is 0 Å². The van der Waals surface area contributed by atoms with Crippen LogP contribution in [-0.2, 0) is 14.8 Å². The van der Waals surface area contributed by atoms with E-state index in [0.717, 1.165) is 5.56 Å². The Bertz CT molecular complexity index is 611. The van der Waals surface area contributed by atoms with Gasteiger partial charge >= 0.3 is 5.97 Å². The molecule has 20 heavy (non-hydrogen) atoms. The van der Waals surface area contributed by atoms with Crippen molar-refractivity contribution in [3.8, 4) is 0 Å². The molecule has 1 saturated heterocycles. The molecule has 1 N–H and O–H groups in total. The van der Waals surface area contributed by atoms with Crippen LogP contribution in [0.15, 0.2) is 29.2 Å².